The number of benzene rings is 1. The second-order valence-electron chi connectivity index (χ2n) is 4.63. The van der Waals surface area contributed by atoms with Crippen molar-refractivity contribution in [2.75, 3.05) is 6.61 Å². The molecule has 0 bridgehead atoms. The first-order valence-corrected chi connectivity index (χ1v) is 6.50. The highest BCUT2D eigenvalue weighted by atomic mass is 16.5. The third-order valence-corrected chi connectivity index (χ3v) is 3.21. The minimum atomic E-state index is -0.412. The van der Waals surface area contributed by atoms with Gasteiger partial charge in [-0.15, -0.1) is 0 Å². The van der Waals surface area contributed by atoms with E-state index in [4.69, 9.17) is 10.5 Å². The fourth-order valence-corrected chi connectivity index (χ4v) is 2.21. The number of amides is 1. The van der Waals surface area contributed by atoms with Crippen LogP contribution in [-0.2, 0) is 4.79 Å². The van der Waals surface area contributed by atoms with Gasteiger partial charge in [0.2, 0.25) is 5.91 Å². The lowest BCUT2D eigenvalue weighted by Crippen LogP contribution is -2.43. The molecule has 0 spiro atoms. The van der Waals surface area contributed by atoms with Crippen LogP contribution in [0.3, 0.4) is 0 Å². The van der Waals surface area contributed by atoms with Crippen molar-refractivity contribution in [3.8, 4) is 5.75 Å². The number of hydrogen-bond donors (Lipinski definition) is 2. The number of nitrogens with one attached hydrogen (secondary N) is 1. The number of carbonyl (C=O) groups excluding carboxylic acids is 1. The average Bonchev–Trinajstić information content (AvgIpc) is 2.39. The number of nitrogens with two attached hydrogens (primary N) is 1. The van der Waals surface area contributed by atoms with Crippen LogP contribution in [0.2, 0.25) is 0 Å². The summed E-state index contributed by atoms with van der Waals surface area (Å²) in [6.07, 6.45) is 2.43. The van der Waals surface area contributed by atoms with Crippen molar-refractivity contribution in [3.05, 3.63) is 29.8 Å². The molecule has 0 aromatic heterocycles. The zero-order valence-electron chi connectivity index (χ0n) is 10.7. The number of rotatable bonds is 4. The fourth-order valence-electron chi connectivity index (χ4n) is 2.21. The van der Waals surface area contributed by atoms with Gasteiger partial charge in [0, 0.05) is 12.0 Å². The van der Waals surface area contributed by atoms with Crippen LogP contribution < -0.4 is 15.8 Å². The number of carbonyl (C=O) groups is 1. The van der Waals surface area contributed by atoms with Crippen LogP contribution in [-0.4, -0.2) is 18.6 Å². The van der Waals surface area contributed by atoms with Crippen LogP contribution in [0, 0.1) is 0 Å². The van der Waals surface area contributed by atoms with Gasteiger partial charge in [-0.05, 0) is 12.5 Å². The Balaban J connectivity index is 2.05. The lowest BCUT2D eigenvalue weighted by atomic mass is 10.00. The predicted octanol–water partition coefficient (Wildman–Crippen LogP) is 1.75. The molecular weight excluding hydrogens is 228 g/mol. The number of para-hydroxylation sites is 1. The van der Waals surface area contributed by atoms with E-state index in [1.165, 1.54) is 0 Å². The average molecular weight is 248 g/mol. The summed E-state index contributed by atoms with van der Waals surface area (Å²) in [5.41, 5.74) is 6.86. The molecule has 98 valence electrons. The summed E-state index contributed by atoms with van der Waals surface area (Å²) in [4.78, 5) is 11.9. The van der Waals surface area contributed by atoms with Crippen LogP contribution in [0.25, 0.3) is 0 Å². The van der Waals surface area contributed by atoms with E-state index >= 15 is 0 Å². The second kappa shape index (κ2) is 5.87. The van der Waals surface area contributed by atoms with Gasteiger partial charge >= 0.3 is 0 Å². The molecule has 0 radical (unpaired) electrons. The van der Waals surface area contributed by atoms with Gasteiger partial charge in [-0.3, -0.25) is 4.79 Å². The topological polar surface area (TPSA) is 64.4 Å². The number of fused-ring (bicyclic) bond motifs is 1. The first-order chi connectivity index (χ1) is 8.72. The van der Waals surface area contributed by atoms with E-state index in [-0.39, 0.29) is 11.9 Å². The second-order valence-corrected chi connectivity index (χ2v) is 4.63. The Kier molecular flexibility index (Phi) is 4.20. The third-order valence-electron chi connectivity index (χ3n) is 3.21. The van der Waals surface area contributed by atoms with Gasteiger partial charge in [0.05, 0.1) is 18.7 Å². The van der Waals surface area contributed by atoms with Crippen molar-refractivity contribution in [3.63, 3.8) is 0 Å². The van der Waals surface area contributed by atoms with E-state index in [1.54, 1.807) is 0 Å². The first kappa shape index (κ1) is 12.9. The molecule has 1 aromatic carbocycles. The molecule has 0 fully saturated rings. The van der Waals surface area contributed by atoms with Crippen LogP contribution in [0.4, 0.5) is 0 Å². The predicted molar refractivity (Wildman–Crippen MR) is 70.3 cm³/mol. The lowest BCUT2D eigenvalue weighted by Gasteiger charge is -2.27. The van der Waals surface area contributed by atoms with Gasteiger partial charge in [-0.25, -0.2) is 0 Å². The van der Waals surface area contributed by atoms with Crippen molar-refractivity contribution in [1.82, 2.24) is 5.32 Å². The molecular formula is C14H20N2O2. The summed E-state index contributed by atoms with van der Waals surface area (Å²) < 4.78 is 5.56. The van der Waals surface area contributed by atoms with Crippen molar-refractivity contribution in [1.29, 1.82) is 0 Å². The highest BCUT2D eigenvalue weighted by Crippen LogP contribution is 2.31. The number of hydrogen-bond acceptors (Lipinski definition) is 3. The molecule has 2 rings (SSSR count). The van der Waals surface area contributed by atoms with Gasteiger partial charge in [0.1, 0.15) is 5.75 Å². The molecule has 4 heteroatoms. The monoisotopic (exact) mass is 248 g/mol. The Morgan fingerprint density at radius 3 is 3.11 bits per heavy atom. The largest absolute Gasteiger partial charge is 0.493 e. The van der Waals surface area contributed by atoms with Crippen molar-refractivity contribution in [2.45, 2.75) is 38.3 Å². The van der Waals surface area contributed by atoms with E-state index in [1.807, 2.05) is 31.2 Å². The summed E-state index contributed by atoms with van der Waals surface area (Å²) in [6, 6.07) is 7.42. The Hall–Kier alpha value is -1.55. The molecule has 0 saturated heterocycles. The quantitative estimate of drug-likeness (QED) is 0.853. The number of ether oxygens (including phenoxy) is 1. The highest BCUT2D eigenvalue weighted by Gasteiger charge is 2.24. The maximum atomic E-state index is 11.9. The zero-order valence-corrected chi connectivity index (χ0v) is 10.7. The summed E-state index contributed by atoms with van der Waals surface area (Å²) in [7, 11) is 0. The Labute approximate surface area is 108 Å². The minimum absolute atomic E-state index is 0.0188. The van der Waals surface area contributed by atoms with E-state index in [2.05, 4.69) is 5.32 Å². The van der Waals surface area contributed by atoms with Crippen molar-refractivity contribution < 1.29 is 9.53 Å². The maximum absolute atomic E-state index is 11.9. The molecule has 1 aliphatic rings. The van der Waals surface area contributed by atoms with Crippen molar-refractivity contribution in [2.24, 2.45) is 5.73 Å². The molecule has 4 nitrogen and oxygen atoms in total. The SMILES string of the molecule is CCC[C@@H](N)C(=O)NC1CCOc2ccccc21. The smallest absolute Gasteiger partial charge is 0.237 e. The molecule has 0 saturated carbocycles. The Morgan fingerprint density at radius 1 is 1.56 bits per heavy atom. The lowest BCUT2D eigenvalue weighted by molar-refractivity contribution is -0.123. The first-order valence-electron chi connectivity index (χ1n) is 6.50. The molecule has 1 heterocycles. The third kappa shape index (κ3) is 2.82. The molecule has 1 unspecified atom stereocenters. The van der Waals surface area contributed by atoms with E-state index in [0.29, 0.717) is 6.61 Å². The Morgan fingerprint density at radius 2 is 2.33 bits per heavy atom. The summed E-state index contributed by atoms with van der Waals surface area (Å²) >= 11 is 0. The molecule has 18 heavy (non-hydrogen) atoms. The molecule has 1 aromatic rings. The van der Waals surface area contributed by atoms with Gasteiger partial charge in [-0.1, -0.05) is 31.5 Å². The molecule has 1 amide bonds. The van der Waals surface area contributed by atoms with Crippen LogP contribution in [0.5, 0.6) is 5.75 Å². The summed E-state index contributed by atoms with van der Waals surface area (Å²) in [5.74, 6) is 0.789. The molecule has 3 N–H and O–H groups in total. The van der Waals surface area contributed by atoms with Gasteiger partial charge in [-0.2, -0.15) is 0 Å². The maximum Gasteiger partial charge on any atom is 0.237 e. The highest BCUT2D eigenvalue weighted by molar-refractivity contribution is 5.82. The summed E-state index contributed by atoms with van der Waals surface area (Å²) in [6.45, 7) is 2.65. The fraction of sp³-hybridized carbons (Fsp3) is 0.500. The standard InChI is InChI=1S/C14H20N2O2/c1-2-5-11(15)14(17)16-12-8-9-18-13-7-4-3-6-10(12)13/h3-4,6-7,11-12H,2,5,8-9,15H2,1H3,(H,16,17)/t11-,12?/m1/s1. The van der Waals surface area contributed by atoms with E-state index < -0.39 is 6.04 Å². The normalized spacial score (nSPS) is 19.6. The zero-order chi connectivity index (χ0) is 13.0. The molecule has 2 atom stereocenters. The molecule has 0 aliphatic carbocycles. The van der Waals surface area contributed by atoms with Crippen LogP contribution >= 0.6 is 0 Å². The van der Waals surface area contributed by atoms with Gasteiger partial charge < -0.3 is 15.8 Å². The van der Waals surface area contributed by atoms with Crippen LogP contribution in [0.1, 0.15) is 37.8 Å². The van der Waals surface area contributed by atoms with Crippen molar-refractivity contribution >= 4 is 5.91 Å². The van der Waals surface area contributed by atoms with E-state index in [9.17, 15) is 4.79 Å². The Bertz CT molecular complexity index is 420. The summed E-state index contributed by atoms with van der Waals surface area (Å²) in [5, 5.41) is 3.02. The molecule has 1 aliphatic heterocycles. The van der Waals surface area contributed by atoms with Crippen LogP contribution in [0.15, 0.2) is 24.3 Å². The minimum Gasteiger partial charge on any atom is -0.493 e. The van der Waals surface area contributed by atoms with Gasteiger partial charge in [0.15, 0.2) is 0 Å². The van der Waals surface area contributed by atoms with E-state index in [0.717, 1.165) is 30.6 Å². The van der Waals surface area contributed by atoms with Gasteiger partial charge in [0.25, 0.3) is 0 Å².